The van der Waals surface area contributed by atoms with Gasteiger partial charge in [-0.1, -0.05) is 18.2 Å². The van der Waals surface area contributed by atoms with Crippen molar-refractivity contribution in [3.05, 3.63) is 53.1 Å². The fourth-order valence-corrected chi connectivity index (χ4v) is 2.94. The molecule has 0 bridgehead atoms. The number of carbonyl (C=O) groups is 1. The Morgan fingerprint density at radius 3 is 2.48 bits per heavy atom. The summed E-state index contributed by atoms with van der Waals surface area (Å²) in [6.45, 7) is 4.37. The first-order valence-electron chi connectivity index (χ1n) is 7.44. The van der Waals surface area contributed by atoms with Crippen LogP contribution in [-0.4, -0.2) is 32.3 Å². The molecule has 2 N–H and O–H groups in total. The molecule has 0 amide bonds. The topological polar surface area (TPSA) is 75.3 Å². The minimum Gasteiger partial charge on any atom is -0.478 e. The van der Waals surface area contributed by atoms with Crippen molar-refractivity contribution in [1.29, 1.82) is 0 Å². The van der Waals surface area contributed by atoms with Crippen LogP contribution < -0.4 is 0 Å². The Balaban J connectivity index is 2.32. The molecule has 0 radical (unpaired) electrons. The number of fused-ring (bicyclic) bond motifs is 1. The van der Waals surface area contributed by atoms with Crippen LogP contribution in [0.25, 0.3) is 22.4 Å². The molecule has 0 unspecified atom stereocenters. The summed E-state index contributed by atoms with van der Waals surface area (Å²) < 4.78 is 1.89. The second-order valence-electron chi connectivity index (χ2n) is 5.59. The quantitative estimate of drug-likeness (QED) is 0.776. The number of benzene rings is 2. The summed E-state index contributed by atoms with van der Waals surface area (Å²) in [6.07, 6.45) is 0. The van der Waals surface area contributed by atoms with Crippen LogP contribution in [0.2, 0.25) is 0 Å². The first kappa shape index (κ1) is 15.2. The molecule has 0 spiro atoms. The van der Waals surface area contributed by atoms with E-state index in [0.717, 1.165) is 33.5 Å². The highest BCUT2D eigenvalue weighted by Gasteiger charge is 2.17. The molecular weight excluding hydrogens is 292 g/mol. The first-order chi connectivity index (χ1) is 11.0. The number of hydrogen-bond donors (Lipinski definition) is 2. The van der Waals surface area contributed by atoms with Gasteiger partial charge in [-0.15, -0.1) is 0 Å². The van der Waals surface area contributed by atoms with Crippen molar-refractivity contribution < 1.29 is 15.0 Å². The lowest BCUT2D eigenvalue weighted by atomic mass is 10.0. The Hall–Kier alpha value is -2.66. The lowest BCUT2D eigenvalue weighted by molar-refractivity contribution is 0.0697. The largest absolute Gasteiger partial charge is 0.478 e. The summed E-state index contributed by atoms with van der Waals surface area (Å²) in [5.41, 5.74) is 4.87. The van der Waals surface area contributed by atoms with Crippen LogP contribution >= 0.6 is 0 Å². The van der Waals surface area contributed by atoms with Crippen LogP contribution in [0.1, 0.15) is 21.5 Å². The predicted octanol–water partition coefficient (Wildman–Crippen LogP) is 3.01. The molecule has 0 aliphatic rings. The number of aromatic nitrogens is 2. The van der Waals surface area contributed by atoms with Crippen molar-refractivity contribution in [2.45, 2.75) is 20.4 Å². The lowest BCUT2D eigenvalue weighted by Crippen LogP contribution is -2.06. The molecule has 1 heterocycles. The number of aromatic carboxylic acids is 1. The summed E-state index contributed by atoms with van der Waals surface area (Å²) in [6, 6.07) is 10.9. The molecular formula is C18H18N2O3. The normalized spacial score (nSPS) is 11.1. The summed E-state index contributed by atoms with van der Waals surface area (Å²) in [5, 5.41) is 18.6. The molecule has 3 aromatic rings. The third-order valence-corrected chi connectivity index (χ3v) is 4.02. The van der Waals surface area contributed by atoms with E-state index >= 15 is 0 Å². The highest BCUT2D eigenvalue weighted by Crippen LogP contribution is 2.30. The second kappa shape index (κ2) is 5.85. The molecule has 23 heavy (non-hydrogen) atoms. The summed E-state index contributed by atoms with van der Waals surface area (Å²) in [5.74, 6) is -0.218. The van der Waals surface area contributed by atoms with Gasteiger partial charge in [0.25, 0.3) is 0 Å². The van der Waals surface area contributed by atoms with Crippen LogP contribution in [-0.2, 0) is 6.54 Å². The maximum absolute atomic E-state index is 11.2. The molecule has 1 aromatic heterocycles. The average molecular weight is 310 g/mol. The smallest absolute Gasteiger partial charge is 0.335 e. The predicted molar refractivity (Wildman–Crippen MR) is 88.7 cm³/mol. The van der Waals surface area contributed by atoms with E-state index in [0.29, 0.717) is 6.54 Å². The monoisotopic (exact) mass is 310 g/mol. The van der Waals surface area contributed by atoms with Gasteiger partial charge in [0.2, 0.25) is 0 Å². The van der Waals surface area contributed by atoms with Gasteiger partial charge in [0.15, 0.2) is 0 Å². The molecule has 0 aliphatic carbocycles. The minimum atomic E-state index is -0.975. The van der Waals surface area contributed by atoms with Crippen LogP contribution in [0.5, 0.6) is 0 Å². The van der Waals surface area contributed by atoms with E-state index in [1.54, 1.807) is 18.2 Å². The fraction of sp³-hybridized carbons (Fsp3) is 0.222. The van der Waals surface area contributed by atoms with Crippen molar-refractivity contribution in [3.8, 4) is 11.4 Å². The molecule has 0 aliphatic heterocycles. The van der Waals surface area contributed by atoms with E-state index in [1.807, 2.05) is 36.6 Å². The Morgan fingerprint density at radius 2 is 1.87 bits per heavy atom. The lowest BCUT2D eigenvalue weighted by Gasteiger charge is -2.12. The number of aliphatic hydroxyl groups excluding tert-OH is 1. The molecule has 5 heteroatoms. The molecule has 0 saturated heterocycles. The minimum absolute atomic E-state index is 0.0410. The average Bonchev–Trinajstić information content (AvgIpc) is 2.85. The second-order valence-corrected chi connectivity index (χ2v) is 5.59. The molecule has 3 rings (SSSR count). The number of rotatable bonds is 4. The zero-order chi connectivity index (χ0) is 16.6. The zero-order valence-corrected chi connectivity index (χ0v) is 13.1. The zero-order valence-electron chi connectivity index (χ0n) is 13.1. The van der Waals surface area contributed by atoms with Gasteiger partial charge in [-0.3, -0.25) is 0 Å². The third-order valence-electron chi connectivity index (χ3n) is 4.02. The highest BCUT2D eigenvalue weighted by molar-refractivity contribution is 5.93. The van der Waals surface area contributed by atoms with Crippen LogP contribution in [0.15, 0.2) is 36.4 Å². The van der Waals surface area contributed by atoms with Gasteiger partial charge in [-0.2, -0.15) is 0 Å². The molecule has 5 nitrogen and oxygen atoms in total. The van der Waals surface area contributed by atoms with Gasteiger partial charge in [0.1, 0.15) is 5.82 Å². The fourth-order valence-electron chi connectivity index (χ4n) is 2.94. The number of hydrogen-bond acceptors (Lipinski definition) is 3. The number of imidazole rings is 1. The van der Waals surface area contributed by atoms with Gasteiger partial charge >= 0.3 is 5.97 Å². The van der Waals surface area contributed by atoms with E-state index < -0.39 is 5.97 Å². The summed E-state index contributed by atoms with van der Waals surface area (Å²) in [7, 11) is 0. The van der Waals surface area contributed by atoms with Gasteiger partial charge < -0.3 is 14.8 Å². The van der Waals surface area contributed by atoms with E-state index in [2.05, 4.69) is 4.98 Å². The maximum Gasteiger partial charge on any atom is 0.335 e. The SMILES string of the molecule is Cc1cccc(C)c1-c1nc2ccc(C(=O)O)cc2n1CCO. The number of carboxylic acids is 1. The van der Waals surface area contributed by atoms with Crippen LogP contribution in [0.4, 0.5) is 0 Å². The van der Waals surface area contributed by atoms with E-state index in [4.69, 9.17) is 0 Å². The van der Waals surface area contributed by atoms with E-state index in [1.165, 1.54) is 0 Å². The van der Waals surface area contributed by atoms with Crippen LogP contribution in [0.3, 0.4) is 0 Å². The maximum atomic E-state index is 11.2. The molecule has 118 valence electrons. The van der Waals surface area contributed by atoms with E-state index in [9.17, 15) is 15.0 Å². The third kappa shape index (κ3) is 2.59. The molecule has 2 aromatic carbocycles. The molecule has 0 saturated carbocycles. The van der Waals surface area contributed by atoms with Crippen LogP contribution in [0, 0.1) is 13.8 Å². The Morgan fingerprint density at radius 1 is 1.17 bits per heavy atom. The van der Waals surface area contributed by atoms with Gasteiger partial charge in [-0.05, 0) is 43.2 Å². The van der Waals surface area contributed by atoms with Crippen molar-refractivity contribution in [2.24, 2.45) is 0 Å². The van der Waals surface area contributed by atoms with Crippen molar-refractivity contribution in [2.75, 3.05) is 6.61 Å². The Kier molecular flexibility index (Phi) is 3.88. The molecule has 0 fully saturated rings. The Labute approximate surface area is 133 Å². The number of aryl methyl sites for hydroxylation is 2. The number of carboxylic acid groups (broad SMARTS) is 1. The number of nitrogens with zero attached hydrogens (tertiary/aromatic N) is 2. The number of aliphatic hydroxyl groups is 1. The van der Waals surface area contributed by atoms with Gasteiger partial charge in [-0.25, -0.2) is 9.78 Å². The highest BCUT2D eigenvalue weighted by atomic mass is 16.4. The van der Waals surface area contributed by atoms with Gasteiger partial charge in [0.05, 0.1) is 23.2 Å². The van der Waals surface area contributed by atoms with E-state index in [-0.39, 0.29) is 12.2 Å². The van der Waals surface area contributed by atoms with Crippen molar-refractivity contribution >= 4 is 17.0 Å². The standard InChI is InChI=1S/C18H18N2O3/c1-11-4-3-5-12(2)16(11)17-19-14-7-6-13(18(22)23)10-15(14)20(17)8-9-21/h3-7,10,21H,8-9H2,1-2H3,(H,22,23). The molecule has 0 atom stereocenters. The summed E-state index contributed by atoms with van der Waals surface area (Å²) in [4.78, 5) is 15.9. The summed E-state index contributed by atoms with van der Waals surface area (Å²) >= 11 is 0. The Bertz CT molecular complexity index is 876. The van der Waals surface area contributed by atoms with Crippen molar-refractivity contribution in [1.82, 2.24) is 9.55 Å². The first-order valence-corrected chi connectivity index (χ1v) is 7.44. The van der Waals surface area contributed by atoms with Gasteiger partial charge in [0, 0.05) is 12.1 Å². The van der Waals surface area contributed by atoms with Crippen molar-refractivity contribution in [3.63, 3.8) is 0 Å².